The summed E-state index contributed by atoms with van der Waals surface area (Å²) < 4.78 is 6.60. The quantitative estimate of drug-likeness (QED) is 0.515. The molecular formula is C20H15ClN4O3S. The molecular weight excluding hydrogens is 412 g/mol. The number of hydrogen-bond acceptors (Lipinski definition) is 6. The van der Waals surface area contributed by atoms with Crippen molar-refractivity contribution in [3.05, 3.63) is 75.0 Å². The first-order valence-electron chi connectivity index (χ1n) is 8.64. The highest BCUT2D eigenvalue weighted by Gasteiger charge is 2.14. The molecule has 0 radical (unpaired) electrons. The Kier molecular flexibility index (Phi) is 5.28. The van der Waals surface area contributed by atoms with Crippen LogP contribution in [-0.4, -0.2) is 20.6 Å². The zero-order valence-electron chi connectivity index (χ0n) is 15.3. The van der Waals surface area contributed by atoms with Crippen LogP contribution in [0.5, 0.6) is 0 Å². The first-order chi connectivity index (χ1) is 14.0. The van der Waals surface area contributed by atoms with Crippen molar-refractivity contribution in [3.63, 3.8) is 0 Å². The predicted octanol–water partition coefficient (Wildman–Crippen LogP) is 4.23. The standard InChI is InChI=1S/C20H15ClN4O3S/c1-12-4-2-5-14(21)18(12)22-16(26)11-25-10-13(7-8-17(25)27)20-23-19(24-28-20)15-6-3-9-29-15/h2-10H,11H2,1H3,(H,22,26). The molecule has 146 valence electrons. The SMILES string of the molecule is Cc1cccc(Cl)c1NC(=O)Cn1cc(-c2nc(-c3cccs3)no2)ccc1=O. The number of carbonyl (C=O) groups is 1. The van der Waals surface area contributed by atoms with Crippen molar-refractivity contribution < 1.29 is 9.32 Å². The van der Waals surface area contributed by atoms with Crippen LogP contribution in [-0.2, 0) is 11.3 Å². The molecule has 3 aromatic heterocycles. The fourth-order valence-electron chi connectivity index (χ4n) is 2.75. The molecule has 3 heterocycles. The van der Waals surface area contributed by atoms with Gasteiger partial charge in [0, 0.05) is 12.3 Å². The number of thiophene rings is 1. The van der Waals surface area contributed by atoms with Crippen LogP contribution < -0.4 is 10.9 Å². The summed E-state index contributed by atoms with van der Waals surface area (Å²) in [5.41, 5.74) is 1.58. The molecule has 0 aliphatic rings. The summed E-state index contributed by atoms with van der Waals surface area (Å²) in [6, 6.07) is 12.1. The number of rotatable bonds is 5. The van der Waals surface area contributed by atoms with Gasteiger partial charge in [0.25, 0.3) is 11.4 Å². The van der Waals surface area contributed by atoms with Crippen LogP contribution in [0.4, 0.5) is 5.69 Å². The number of anilines is 1. The molecule has 0 unspecified atom stereocenters. The zero-order chi connectivity index (χ0) is 20.4. The van der Waals surface area contributed by atoms with Crippen molar-refractivity contribution in [1.82, 2.24) is 14.7 Å². The number of benzene rings is 1. The summed E-state index contributed by atoms with van der Waals surface area (Å²) in [5.74, 6) is 0.370. The Labute approximate surface area is 174 Å². The van der Waals surface area contributed by atoms with E-state index in [9.17, 15) is 9.59 Å². The van der Waals surface area contributed by atoms with E-state index in [2.05, 4.69) is 15.5 Å². The molecule has 1 amide bonds. The lowest BCUT2D eigenvalue weighted by atomic mass is 10.2. The molecule has 0 saturated carbocycles. The molecule has 9 heteroatoms. The van der Waals surface area contributed by atoms with Crippen molar-refractivity contribution in [2.75, 3.05) is 5.32 Å². The van der Waals surface area contributed by atoms with Gasteiger partial charge in [-0.3, -0.25) is 9.59 Å². The number of amides is 1. The van der Waals surface area contributed by atoms with Gasteiger partial charge in [0.05, 0.1) is 21.2 Å². The third-order valence-electron chi connectivity index (χ3n) is 4.20. The largest absolute Gasteiger partial charge is 0.334 e. The van der Waals surface area contributed by atoms with Gasteiger partial charge < -0.3 is 14.4 Å². The highest BCUT2D eigenvalue weighted by atomic mass is 35.5. The molecule has 4 rings (SSSR count). The third kappa shape index (κ3) is 4.13. The summed E-state index contributed by atoms with van der Waals surface area (Å²) in [7, 11) is 0. The lowest BCUT2D eigenvalue weighted by Gasteiger charge is -2.11. The average Bonchev–Trinajstić information content (AvgIpc) is 3.38. The van der Waals surface area contributed by atoms with Crippen molar-refractivity contribution in [1.29, 1.82) is 0 Å². The highest BCUT2D eigenvalue weighted by Crippen LogP contribution is 2.26. The molecule has 29 heavy (non-hydrogen) atoms. The van der Waals surface area contributed by atoms with Gasteiger partial charge in [0.2, 0.25) is 11.7 Å². The van der Waals surface area contributed by atoms with Crippen LogP contribution >= 0.6 is 22.9 Å². The Morgan fingerprint density at radius 1 is 1.24 bits per heavy atom. The van der Waals surface area contributed by atoms with Crippen molar-refractivity contribution in [2.24, 2.45) is 0 Å². The topological polar surface area (TPSA) is 90.0 Å². The van der Waals surface area contributed by atoms with E-state index >= 15 is 0 Å². The van der Waals surface area contributed by atoms with Crippen LogP contribution in [0.3, 0.4) is 0 Å². The van der Waals surface area contributed by atoms with E-state index in [0.717, 1.165) is 10.4 Å². The molecule has 0 bridgehead atoms. The van der Waals surface area contributed by atoms with Crippen LogP contribution in [0, 0.1) is 6.92 Å². The normalized spacial score (nSPS) is 10.8. The van der Waals surface area contributed by atoms with E-state index in [-0.39, 0.29) is 23.9 Å². The van der Waals surface area contributed by atoms with E-state index in [1.807, 2.05) is 30.5 Å². The van der Waals surface area contributed by atoms with Gasteiger partial charge in [0.15, 0.2) is 0 Å². The molecule has 0 saturated heterocycles. The van der Waals surface area contributed by atoms with Crippen molar-refractivity contribution >= 4 is 34.5 Å². The second-order valence-corrected chi connectivity index (χ2v) is 7.62. The third-order valence-corrected chi connectivity index (χ3v) is 5.38. The summed E-state index contributed by atoms with van der Waals surface area (Å²) in [6.07, 6.45) is 1.52. The number of aryl methyl sites for hydroxylation is 1. The smallest absolute Gasteiger partial charge is 0.259 e. The maximum absolute atomic E-state index is 12.5. The molecule has 1 aromatic carbocycles. The minimum absolute atomic E-state index is 0.177. The van der Waals surface area contributed by atoms with Crippen LogP contribution in [0.25, 0.3) is 22.2 Å². The molecule has 1 N–H and O–H groups in total. The molecule has 0 aliphatic carbocycles. The Hall–Kier alpha value is -3.23. The van der Waals surface area contributed by atoms with E-state index in [4.69, 9.17) is 16.1 Å². The minimum atomic E-state index is -0.370. The Balaban J connectivity index is 1.56. The van der Waals surface area contributed by atoms with Crippen LogP contribution in [0.15, 0.2) is 63.4 Å². The molecule has 7 nitrogen and oxygen atoms in total. The monoisotopic (exact) mass is 426 g/mol. The van der Waals surface area contributed by atoms with Gasteiger partial charge in [0.1, 0.15) is 6.54 Å². The Bertz CT molecular complexity index is 1210. The van der Waals surface area contributed by atoms with Gasteiger partial charge in [-0.15, -0.1) is 11.3 Å². The van der Waals surface area contributed by atoms with Gasteiger partial charge in [-0.1, -0.05) is 35.0 Å². The second kappa shape index (κ2) is 8.02. The van der Waals surface area contributed by atoms with E-state index < -0.39 is 0 Å². The molecule has 4 aromatic rings. The summed E-state index contributed by atoms with van der Waals surface area (Å²) in [4.78, 5) is 29.9. The highest BCUT2D eigenvalue weighted by molar-refractivity contribution is 7.13. The van der Waals surface area contributed by atoms with E-state index in [1.165, 1.54) is 28.2 Å². The zero-order valence-corrected chi connectivity index (χ0v) is 16.8. The number of nitrogens with one attached hydrogen (secondary N) is 1. The Morgan fingerprint density at radius 2 is 2.10 bits per heavy atom. The maximum Gasteiger partial charge on any atom is 0.259 e. The van der Waals surface area contributed by atoms with Crippen molar-refractivity contribution in [3.8, 4) is 22.2 Å². The number of nitrogens with zero attached hydrogens (tertiary/aromatic N) is 3. The number of pyridine rings is 1. The lowest BCUT2D eigenvalue weighted by Crippen LogP contribution is -2.27. The molecule has 0 spiro atoms. The fraction of sp³-hybridized carbons (Fsp3) is 0.100. The first kappa shape index (κ1) is 19.1. The fourth-order valence-corrected chi connectivity index (χ4v) is 3.67. The summed E-state index contributed by atoms with van der Waals surface area (Å²) >= 11 is 7.65. The van der Waals surface area contributed by atoms with Gasteiger partial charge in [-0.25, -0.2) is 0 Å². The summed E-state index contributed by atoms with van der Waals surface area (Å²) in [5, 5.41) is 9.08. The van der Waals surface area contributed by atoms with E-state index in [0.29, 0.717) is 22.1 Å². The predicted molar refractivity (Wildman–Crippen MR) is 112 cm³/mol. The average molecular weight is 427 g/mol. The van der Waals surface area contributed by atoms with Gasteiger partial charge >= 0.3 is 0 Å². The summed E-state index contributed by atoms with van der Waals surface area (Å²) in [6.45, 7) is 1.66. The first-order valence-corrected chi connectivity index (χ1v) is 9.90. The van der Waals surface area contributed by atoms with E-state index in [1.54, 1.807) is 18.2 Å². The van der Waals surface area contributed by atoms with Gasteiger partial charge in [-0.05, 0) is 36.1 Å². The van der Waals surface area contributed by atoms with Gasteiger partial charge in [-0.2, -0.15) is 4.98 Å². The van der Waals surface area contributed by atoms with Crippen molar-refractivity contribution in [2.45, 2.75) is 13.5 Å². The Morgan fingerprint density at radius 3 is 2.86 bits per heavy atom. The number of halogens is 1. The maximum atomic E-state index is 12.5. The number of carbonyl (C=O) groups excluding carboxylic acids is 1. The number of para-hydroxylation sites is 1. The molecule has 0 aliphatic heterocycles. The number of hydrogen-bond donors (Lipinski definition) is 1. The number of aromatic nitrogens is 3. The van der Waals surface area contributed by atoms with Crippen LogP contribution in [0.2, 0.25) is 5.02 Å². The lowest BCUT2D eigenvalue weighted by molar-refractivity contribution is -0.116. The molecule has 0 fully saturated rings. The van der Waals surface area contributed by atoms with Crippen LogP contribution in [0.1, 0.15) is 5.56 Å². The second-order valence-electron chi connectivity index (χ2n) is 6.26. The minimum Gasteiger partial charge on any atom is -0.334 e. The molecule has 0 atom stereocenters.